The number of nitrogens with one attached hydrogen (secondary N) is 1. The number of H-pyrrole nitrogens is 1. The van der Waals surface area contributed by atoms with Gasteiger partial charge in [0.15, 0.2) is 5.69 Å². The minimum Gasteiger partial charge on any atom is -0.335 e. The highest BCUT2D eigenvalue weighted by atomic mass is 16.2. The monoisotopic (exact) mass is 343 g/mol. The lowest BCUT2D eigenvalue weighted by molar-refractivity contribution is 0.0656. The fourth-order valence-corrected chi connectivity index (χ4v) is 3.66. The molecule has 0 aromatic carbocycles. The van der Waals surface area contributed by atoms with E-state index in [1.807, 2.05) is 29.0 Å². The summed E-state index contributed by atoms with van der Waals surface area (Å²) >= 11 is 0. The van der Waals surface area contributed by atoms with Gasteiger partial charge in [-0.05, 0) is 13.5 Å². The molecule has 1 saturated heterocycles. The molecule has 1 N–H and O–H groups in total. The maximum atomic E-state index is 12.8. The average Bonchev–Trinajstić information content (AvgIpc) is 3.21. The van der Waals surface area contributed by atoms with E-state index < -0.39 is 0 Å². The lowest BCUT2D eigenvalue weighted by Gasteiger charge is -2.32. The number of nitrogens with zero attached hydrogens (tertiary/aromatic N) is 6. The van der Waals surface area contributed by atoms with Crippen LogP contribution in [0.25, 0.3) is 0 Å². The van der Waals surface area contributed by atoms with Gasteiger partial charge >= 0.3 is 0 Å². The van der Waals surface area contributed by atoms with Crippen LogP contribution in [0.4, 0.5) is 0 Å². The first-order valence-electron chi connectivity index (χ1n) is 8.84. The maximum absolute atomic E-state index is 12.8. The molecular weight excluding hydrogens is 318 g/mol. The lowest BCUT2D eigenvalue weighted by atomic mass is 10.0. The summed E-state index contributed by atoms with van der Waals surface area (Å²) in [4.78, 5) is 19.4. The predicted molar refractivity (Wildman–Crippen MR) is 93.0 cm³/mol. The van der Waals surface area contributed by atoms with E-state index in [2.05, 4.69) is 32.1 Å². The van der Waals surface area contributed by atoms with Gasteiger partial charge in [-0.25, -0.2) is 0 Å². The Morgan fingerprint density at radius 2 is 2.00 bits per heavy atom. The van der Waals surface area contributed by atoms with Crippen LogP contribution in [0.2, 0.25) is 0 Å². The van der Waals surface area contributed by atoms with Crippen LogP contribution in [0.5, 0.6) is 0 Å². The Morgan fingerprint density at radius 3 is 2.72 bits per heavy atom. The third-order valence-corrected chi connectivity index (χ3v) is 5.17. The molecule has 25 heavy (non-hydrogen) atoms. The molecule has 0 unspecified atom stereocenters. The lowest BCUT2D eigenvalue weighted by Crippen LogP contribution is -2.47. The Labute approximate surface area is 147 Å². The molecule has 134 valence electrons. The molecule has 1 fully saturated rings. The highest BCUT2D eigenvalue weighted by molar-refractivity contribution is 5.94. The molecule has 0 spiro atoms. The molecule has 4 heterocycles. The Hall–Kier alpha value is -2.19. The summed E-state index contributed by atoms with van der Waals surface area (Å²) in [5.74, 6) is 0.0753. The quantitative estimate of drug-likeness (QED) is 0.855. The van der Waals surface area contributed by atoms with Crippen LogP contribution < -0.4 is 0 Å². The Morgan fingerprint density at radius 1 is 1.20 bits per heavy atom. The van der Waals surface area contributed by atoms with Crippen molar-refractivity contribution in [2.45, 2.75) is 19.5 Å². The first kappa shape index (κ1) is 16.3. The van der Waals surface area contributed by atoms with Crippen LogP contribution in [-0.4, -0.2) is 80.4 Å². The number of carbonyl (C=O) groups excluding carboxylic acids is 1. The summed E-state index contributed by atoms with van der Waals surface area (Å²) in [6, 6.07) is 0. The van der Waals surface area contributed by atoms with Gasteiger partial charge in [0, 0.05) is 70.2 Å². The van der Waals surface area contributed by atoms with Crippen molar-refractivity contribution in [1.29, 1.82) is 0 Å². The van der Waals surface area contributed by atoms with Crippen LogP contribution in [0.1, 0.15) is 27.3 Å². The van der Waals surface area contributed by atoms with Crippen molar-refractivity contribution >= 4 is 5.91 Å². The van der Waals surface area contributed by atoms with Crippen LogP contribution in [-0.2, 0) is 26.6 Å². The zero-order valence-corrected chi connectivity index (χ0v) is 14.9. The number of carbonyl (C=O) groups is 1. The van der Waals surface area contributed by atoms with E-state index in [1.54, 1.807) is 0 Å². The number of aromatic nitrogens is 4. The number of piperazine rings is 1. The molecular formula is C17H25N7O. The molecule has 2 aromatic heterocycles. The molecule has 0 atom stereocenters. The topological polar surface area (TPSA) is 73.3 Å². The summed E-state index contributed by atoms with van der Waals surface area (Å²) in [6.07, 6.45) is 4.82. The van der Waals surface area contributed by atoms with Crippen LogP contribution in [0.15, 0.2) is 12.4 Å². The highest BCUT2D eigenvalue weighted by Crippen LogP contribution is 2.23. The number of aromatic amines is 1. The third-order valence-electron chi connectivity index (χ3n) is 5.17. The van der Waals surface area contributed by atoms with Crippen molar-refractivity contribution in [3.05, 3.63) is 34.9 Å². The second kappa shape index (κ2) is 6.61. The molecule has 2 aliphatic rings. The summed E-state index contributed by atoms with van der Waals surface area (Å²) in [7, 11) is 4.03. The highest BCUT2D eigenvalue weighted by Gasteiger charge is 2.29. The number of aryl methyl sites for hydroxylation is 1. The van der Waals surface area contributed by atoms with E-state index in [4.69, 9.17) is 0 Å². The molecule has 8 nitrogen and oxygen atoms in total. The minimum absolute atomic E-state index is 0.0753. The molecule has 0 aliphatic carbocycles. The Kier molecular flexibility index (Phi) is 4.30. The molecule has 0 radical (unpaired) electrons. The minimum atomic E-state index is 0.0753. The standard InChI is InChI=1S/C17H25N7O/c1-21-5-7-24(8-6-21)17(25)16-14-3-4-23(12-15(14)19-20-16)11-13-9-18-22(2)10-13/h9-10H,3-8,11-12H2,1-2H3,(H,19,20). The number of hydrogen-bond acceptors (Lipinski definition) is 5. The summed E-state index contributed by atoms with van der Waals surface area (Å²) in [5, 5.41) is 11.7. The van der Waals surface area contributed by atoms with Crippen molar-refractivity contribution in [2.75, 3.05) is 39.8 Å². The SMILES string of the molecule is CN1CCN(C(=O)c2n[nH]c3c2CCN(Cc2cnn(C)c2)C3)CC1. The van der Waals surface area contributed by atoms with Gasteiger partial charge < -0.3 is 9.80 Å². The number of fused-ring (bicyclic) bond motifs is 1. The van der Waals surface area contributed by atoms with Crippen molar-refractivity contribution in [3.8, 4) is 0 Å². The zero-order chi connectivity index (χ0) is 17.4. The van der Waals surface area contributed by atoms with Gasteiger partial charge in [0.2, 0.25) is 0 Å². The van der Waals surface area contributed by atoms with Crippen LogP contribution in [0.3, 0.4) is 0 Å². The second-order valence-electron chi connectivity index (χ2n) is 7.11. The predicted octanol–water partition coefficient (Wildman–Crippen LogP) is 0.0891. The Bertz CT molecular complexity index is 757. The fraction of sp³-hybridized carbons (Fsp3) is 0.588. The smallest absolute Gasteiger partial charge is 0.274 e. The average molecular weight is 343 g/mol. The van der Waals surface area contributed by atoms with Gasteiger partial charge in [0.1, 0.15) is 0 Å². The number of likely N-dealkylation sites (N-methyl/N-ethyl adjacent to an activating group) is 1. The van der Waals surface area contributed by atoms with E-state index >= 15 is 0 Å². The van der Waals surface area contributed by atoms with E-state index in [0.717, 1.165) is 63.5 Å². The van der Waals surface area contributed by atoms with Gasteiger partial charge in [-0.15, -0.1) is 0 Å². The van der Waals surface area contributed by atoms with Gasteiger partial charge in [0.25, 0.3) is 5.91 Å². The molecule has 2 aromatic rings. The normalized spacial score (nSPS) is 19.2. The van der Waals surface area contributed by atoms with Gasteiger partial charge in [0.05, 0.1) is 11.9 Å². The molecule has 1 amide bonds. The van der Waals surface area contributed by atoms with Crippen LogP contribution in [0, 0.1) is 0 Å². The Balaban J connectivity index is 1.44. The van der Waals surface area contributed by atoms with Gasteiger partial charge in [-0.1, -0.05) is 0 Å². The van der Waals surface area contributed by atoms with Crippen molar-refractivity contribution in [2.24, 2.45) is 7.05 Å². The molecule has 2 aliphatic heterocycles. The van der Waals surface area contributed by atoms with Gasteiger partial charge in [-0.2, -0.15) is 10.2 Å². The summed E-state index contributed by atoms with van der Waals surface area (Å²) in [6.45, 7) is 6.02. The molecule has 0 bridgehead atoms. The molecule has 0 saturated carbocycles. The van der Waals surface area contributed by atoms with E-state index in [1.165, 1.54) is 5.56 Å². The van der Waals surface area contributed by atoms with Crippen molar-refractivity contribution in [3.63, 3.8) is 0 Å². The van der Waals surface area contributed by atoms with Gasteiger partial charge in [-0.3, -0.25) is 19.5 Å². The van der Waals surface area contributed by atoms with Crippen LogP contribution >= 0.6 is 0 Å². The summed E-state index contributed by atoms with van der Waals surface area (Å²) < 4.78 is 1.83. The van der Waals surface area contributed by atoms with E-state index in [0.29, 0.717) is 5.69 Å². The van der Waals surface area contributed by atoms with Crippen molar-refractivity contribution < 1.29 is 4.79 Å². The summed E-state index contributed by atoms with van der Waals surface area (Å²) in [5.41, 5.74) is 4.01. The second-order valence-corrected chi connectivity index (χ2v) is 7.11. The van der Waals surface area contributed by atoms with E-state index in [-0.39, 0.29) is 5.91 Å². The third kappa shape index (κ3) is 3.32. The number of rotatable bonds is 3. The number of amides is 1. The van der Waals surface area contributed by atoms with E-state index in [9.17, 15) is 4.79 Å². The number of hydrogen-bond donors (Lipinski definition) is 1. The molecule has 4 rings (SSSR count). The largest absolute Gasteiger partial charge is 0.335 e. The molecule has 8 heteroatoms. The zero-order valence-electron chi connectivity index (χ0n) is 14.9. The first-order valence-corrected chi connectivity index (χ1v) is 8.84. The maximum Gasteiger partial charge on any atom is 0.274 e. The van der Waals surface area contributed by atoms with Crippen molar-refractivity contribution in [1.82, 2.24) is 34.7 Å². The fourth-order valence-electron chi connectivity index (χ4n) is 3.66. The first-order chi connectivity index (χ1) is 12.1.